The Morgan fingerprint density at radius 2 is 2.00 bits per heavy atom. The van der Waals surface area contributed by atoms with Gasteiger partial charge in [0.05, 0.1) is 15.7 Å². The summed E-state index contributed by atoms with van der Waals surface area (Å²) < 4.78 is 0. The van der Waals surface area contributed by atoms with Crippen LogP contribution in [0.5, 0.6) is 0 Å². The maximum absolute atomic E-state index is 6.21. The molecule has 118 valence electrons. The Hall–Kier alpha value is -1.52. The normalized spacial score (nSPS) is 10.6. The van der Waals surface area contributed by atoms with Gasteiger partial charge < -0.3 is 10.2 Å². The molecule has 0 unspecified atom stereocenters. The fourth-order valence-electron chi connectivity index (χ4n) is 2.02. The second-order valence-electron chi connectivity index (χ2n) is 5.20. The van der Waals surface area contributed by atoms with E-state index >= 15 is 0 Å². The Morgan fingerprint density at radius 3 is 2.73 bits per heavy atom. The summed E-state index contributed by atoms with van der Waals surface area (Å²) in [6.45, 7) is 5.04. The van der Waals surface area contributed by atoms with E-state index in [0.717, 1.165) is 30.8 Å². The Morgan fingerprint density at radius 1 is 1.23 bits per heavy atom. The van der Waals surface area contributed by atoms with Crippen LogP contribution in [0, 0.1) is 6.92 Å². The number of aromatic nitrogens is 2. The van der Waals surface area contributed by atoms with Crippen molar-refractivity contribution in [1.82, 2.24) is 9.97 Å². The van der Waals surface area contributed by atoms with E-state index in [1.807, 2.05) is 32.2 Å². The fourth-order valence-corrected chi connectivity index (χ4v) is 2.37. The zero-order valence-electron chi connectivity index (χ0n) is 13.0. The SMILES string of the molecule is CCCCN(C)c1nc(C)cc(Nc2cccc(Cl)c2Cl)n1. The highest BCUT2D eigenvalue weighted by Crippen LogP contribution is 2.31. The highest BCUT2D eigenvalue weighted by atomic mass is 35.5. The Labute approximate surface area is 141 Å². The topological polar surface area (TPSA) is 41.1 Å². The summed E-state index contributed by atoms with van der Waals surface area (Å²) in [4.78, 5) is 11.1. The molecule has 2 aromatic rings. The smallest absolute Gasteiger partial charge is 0.227 e. The van der Waals surface area contributed by atoms with Gasteiger partial charge in [-0.15, -0.1) is 0 Å². The van der Waals surface area contributed by atoms with Crippen molar-refractivity contribution in [2.24, 2.45) is 0 Å². The second-order valence-corrected chi connectivity index (χ2v) is 5.98. The van der Waals surface area contributed by atoms with Crippen molar-refractivity contribution in [3.05, 3.63) is 40.0 Å². The van der Waals surface area contributed by atoms with Crippen molar-refractivity contribution in [3.63, 3.8) is 0 Å². The summed E-state index contributed by atoms with van der Waals surface area (Å²) in [6.07, 6.45) is 2.25. The summed E-state index contributed by atoms with van der Waals surface area (Å²) in [6, 6.07) is 7.35. The molecule has 2 rings (SSSR count). The minimum atomic E-state index is 0.487. The molecule has 0 radical (unpaired) electrons. The molecule has 22 heavy (non-hydrogen) atoms. The average molecular weight is 339 g/mol. The van der Waals surface area contributed by atoms with Crippen molar-refractivity contribution >= 4 is 40.7 Å². The molecule has 0 bridgehead atoms. The molecule has 0 amide bonds. The molecule has 0 aliphatic rings. The first-order chi connectivity index (χ1) is 10.5. The summed E-state index contributed by atoms with van der Waals surface area (Å²) >= 11 is 12.2. The zero-order valence-corrected chi connectivity index (χ0v) is 14.5. The highest BCUT2D eigenvalue weighted by Gasteiger charge is 2.09. The minimum Gasteiger partial charge on any atom is -0.344 e. The van der Waals surface area contributed by atoms with Gasteiger partial charge in [-0.3, -0.25) is 0 Å². The third-order valence-corrected chi connectivity index (χ3v) is 4.06. The van der Waals surface area contributed by atoms with Gasteiger partial charge in [0.25, 0.3) is 0 Å². The van der Waals surface area contributed by atoms with Crippen LogP contribution >= 0.6 is 23.2 Å². The summed E-state index contributed by atoms with van der Waals surface area (Å²) in [5.74, 6) is 1.41. The quantitative estimate of drug-likeness (QED) is 0.798. The first-order valence-corrected chi connectivity index (χ1v) is 8.04. The van der Waals surface area contributed by atoms with E-state index in [2.05, 4.69) is 27.1 Å². The van der Waals surface area contributed by atoms with Crippen LogP contribution in [0.3, 0.4) is 0 Å². The number of nitrogens with zero attached hydrogens (tertiary/aromatic N) is 3. The number of hydrogen-bond acceptors (Lipinski definition) is 4. The van der Waals surface area contributed by atoms with Gasteiger partial charge in [0.1, 0.15) is 5.82 Å². The molecular formula is C16H20Cl2N4. The molecule has 0 aliphatic heterocycles. The lowest BCUT2D eigenvalue weighted by atomic mass is 10.3. The third kappa shape index (κ3) is 4.24. The Bertz CT molecular complexity index is 646. The number of nitrogens with one attached hydrogen (secondary N) is 1. The largest absolute Gasteiger partial charge is 0.344 e. The van der Waals surface area contributed by atoms with Crippen LogP contribution in [-0.4, -0.2) is 23.6 Å². The first-order valence-electron chi connectivity index (χ1n) is 7.29. The van der Waals surface area contributed by atoms with Crippen molar-refractivity contribution in [2.45, 2.75) is 26.7 Å². The van der Waals surface area contributed by atoms with Crippen LogP contribution in [0.15, 0.2) is 24.3 Å². The molecule has 0 saturated carbocycles. The van der Waals surface area contributed by atoms with E-state index in [9.17, 15) is 0 Å². The molecular weight excluding hydrogens is 319 g/mol. The number of halogens is 2. The van der Waals surface area contributed by atoms with Crippen LogP contribution in [-0.2, 0) is 0 Å². The van der Waals surface area contributed by atoms with Crippen LogP contribution < -0.4 is 10.2 Å². The predicted molar refractivity (Wildman–Crippen MR) is 94.7 cm³/mol. The van der Waals surface area contributed by atoms with Crippen LogP contribution in [0.2, 0.25) is 10.0 Å². The van der Waals surface area contributed by atoms with Crippen molar-refractivity contribution in [2.75, 3.05) is 23.8 Å². The number of hydrogen-bond donors (Lipinski definition) is 1. The molecule has 6 heteroatoms. The van der Waals surface area contributed by atoms with Gasteiger partial charge in [-0.1, -0.05) is 42.6 Å². The van der Waals surface area contributed by atoms with E-state index in [1.54, 1.807) is 6.07 Å². The third-order valence-electron chi connectivity index (χ3n) is 3.25. The number of anilines is 3. The lowest BCUT2D eigenvalue weighted by Crippen LogP contribution is -2.21. The molecule has 1 heterocycles. The molecule has 4 nitrogen and oxygen atoms in total. The minimum absolute atomic E-state index is 0.487. The monoisotopic (exact) mass is 338 g/mol. The van der Waals surface area contributed by atoms with Gasteiger partial charge >= 0.3 is 0 Å². The molecule has 0 fully saturated rings. The van der Waals surface area contributed by atoms with Gasteiger partial charge in [-0.2, -0.15) is 4.98 Å². The maximum Gasteiger partial charge on any atom is 0.227 e. The summed E-state index contributed by atoms with van der Waals surface area (Å²) in [5.41, 5.74) is 1.63. The molecule has 1 aromatic heterocycles. The van der Waals surface area contributed by atoms with Gasteiger partial charge in [0.2, 0.25) is 5.95 Å². The zero-order chi connectivity index (χ0) is 16.1. The molecule has 1 N–H and O–H groups in total. The van der Waals surface area contributed by atoms with E-state index in [1.165, 1.54) is 0 Å². The number of aryl methyl sites for hydroxylation is 1. The Balaban J connectivity index is 2.24. The lowest BCUT2D eigenvalue weighted by molar-refractivity contribution is 0.749. The van der Waals surface area contributed by atoms with Gasteiger partial charge in [-0.05, 0) is 25.5 Å². The van der Waals surface area contributed by atoms with E-state index in [4.69, 9.17) is 23.2 Å². The van der Waals surface area contributed by atoms with Gasteiger partial charge in [0, 0.05) is 25.4 Å². The molecule has 0 spiro atoms. The van der Waals surface area contributed by atoms with Gasteiger partial charge in [-0.25, -0.2) is 4.98 Å². The summed E-state index contributed by atoms with van der Waals surface area (Å²) in [7, 11) is 2.00. The van der Waals surface area contributed by atoms with E-state index < -0.39 is 0 Å². The summed E-state index contributed by atoms with van der Waals surface area (Å²) in [5, 5.41) is 4.21. The van der Waals surface area contributed by atoms with Crippen LogP contribution in [0.1, 0.15) is 25.5 Å². The van der Waals surface area contributed by atoms with Crippen LogP contribution in [0.4, 0.5) is 17.5 Å². The number of unbranched alkanes of at least 4 members (excludes halogenated alkanes) is 1. The fraction of sp³-hybridized carbons (Fsp3) is 0.375. The van der Waals surface area contributed by atoms with Crippen molar-refractivity contribution in [3.8, 4) is 0 Å². The predicted octanol–water partition coefficient (Wildman–Crippen LogP) is 5.07. The maximum atomic E-state index is 6.21. The van der Waals surface area contributed by atoms with Crippen molar-refractivity contribution < 1.29 is 0 Å². The van der Waals surface area contributed by atoms with Gasteiger partial charge in [0.15, 0.2) is 0 Å². The van der Waals surface area contributed by atoms with Crippen LogP contribution in [0.25, 0.3) is 0 Å². The van der Waals surface area contributed by atoms with E-state index in [-0.39, 0.29) is 0 Å². The standard InChI is InChI=1S/C16H20Cl2N4/c1-4-5-9-22(3)16-19-11(2)10-14(21-16)20-13-8-6-7-12(17)15(13)18/h6-8,10H,4-5,9H2,1-3H3,(H,19,20,21). The lowest BCUT2D eigenvalue weighted by Gasteiger charge is -2.18. The molecule has 1 aromatic carbocycles. The molecule has 0 saturated heterocycles. The highest BCUT2D eigenvalue weighted by molar-refractivity contribution is 6.43. The first kappa shape index (κ1) is 16.8. The van der Waals surface area contributed by atoms with E-state index in [0.29, 0.717) is 21.8 Å². The Kier molecular flexibility index (Phi) is 5.86. The average Bonchev–Trinajstić information content (AvgIpc) is 2.49. The second kappa shape index (κ2) is 7.65. The molecule has 0 atom stereocenters. The molecule has 0 aliphatic carbocycles. The number of rotatable bonds is 6. The van der Waals surface area contributed by atoms with Crippen molar-refractivity contribution in [1.29, 1.82) is 0 Å². The number of benzene rings is 1.